The average molecular weight is 284 g/mol. The van der Waals surface area contributed by atoms with Crippen LogP contribution in [0.25, 0.3) is 0 Å². The Morgan fingerprint density at radius 2 is 2.26 bits per heavy atom. The van der Waals surface area contributed by atoms with Crippen molar-refractivity contribution in [1.29, 1.82) is 0 Å². The number of likely N-dealkylation sites (tertiary alicyclic amines) is 1. The second-order valence-electron chi connectivity index (χ2n) is 5.19. The highest BCUT2D eigenvalue weighted by molar-refractivity contribution is 6.32. The molecule has 1 aromatic carbocycles. The first-order chi connectivity index (χ1) is 8.97. The zero-order valence-electron chi connectivity index (χ0n) is 10.9. The van der Waals surface area contributed by atoms with Gasteiger partial charge in [-0.05, 0) is 37.1 Å². The summed E-state index contributed by atoms with van der Waals surface area (Å²) in [7, 11) is 0. The molecule has 1 saturated heterocycles. The molecular formula is C14H18ClNO3. The van der Waals surface area contributed by atoms with E-state index in [-0.39, 0.29) is 5.75 Å². The number of phenols is 1. The molecule has 1 aliphatic rings. The molecule has 0 radical (unpaired) electrons. The number of halogens is 1. The van der Waals surface area contributed by atoms with Crippen LogP contribution in [-0.2, 0) is 11.3 Å². The largest absolute Gasteiger partial charge is 0.506 e. The molecule has 1 aromatic rings. The molecule has 0 spiro atoms. The van der Waals surface area contributed by atoms with Crippen LogP contribution in [0.15, 0.2) is 18.2 Å². The summed E-state index contributed by atoms with van der Waals surface area (Å²) >= 11 is 5.87. The van der Waals surface area contributed by atoms with Gasteiger partial charge in [-0.1, -0.05) is 24.6 Å². The molecule has 1 aliphatic heterocycles. The lowest BCUT2D eigenvalue weighted by molar-refractivity contribution is -0.148. The number of carboxylic acids is 1. The lowest BCUT2D eigenvalue weighted by Crippen LogP contribution is -2.33. The fourth-order valence-electron chi connectivity index (χ4n) is 2.61. The topological polar surface area (TPSA) is 60.8 Å². The van der Waals surface area contributed by atoms with Crippen molar-refractivity contribution in [3.8, 4) is 5.75 Å². The number of benzene rings is 1. The summed E-state index contributed by atoms with van der Waals surface area (Å²) < 4.78 is 0. The summed E-state index contributed by atoms with van der Waals surface area (Å²) in [6, 6.07) is 5.11. The summed E-state index contributed by atoms with van der Waals surface area (Å²) in [6.45, 7) is 3.93. The average Bonchev–Trinajstić information content (AvgIpc) is 2.79. The Hall–Kier alpha value is -1.26. The number of aliphatic carboxylic acids is 1. The molecule has 0 saturated carbocycles. The molecule has 104 valence electrons. The monoisotopic (exact) mass is 283 g/mol. The van der Waals surface area contributed by atoms with E-state index < -0.39 is 11.4 Å². The van der Waals surface area contributed by atoms with Crippen LogP contribution < -0.4 is 0 Å². The Balaban J connectivity index is 2.05. The van der Waals surface area contributed by atoms with Gasteiger partial charge in [-0.25, -0.2) is 0 Å². The van der Waals surface area contributed by atoms with Crippen molar-refractivity contribution in [2.45, 2.75) is 26.3 Å². The first-order valence-corrected chi connectivity index (χ1v) is 6.78. The third kappa shape index (κ3) is 2.85. The second kappa shape index (κ2) is 5.39. The van der Waals surface area contributed by atoms with Crippen LogP contribution in [0.2, 0.25) is 5.02 Å². The van der Waals surface area contributed by atoms with E-state index in [9.17, 15) is 15.0 Å². The fourth-order valence-corrected chi connectivity index (χ4v) is 2.82. The normalized spacial score (nSPS) is 23.7. The summed E-state index contributed by atoms with van der Waals surface area (Å²) in [6.07, 6.45) is 1.33. The van der Waals surface area contributed by atoms with Crippen molar-refractivity contribution in [3.63, 3.8) is 0 Å². The van der Waals surface area contributed by atoms with Crippen molar-refractivity contribution >= 4 is 17.6 Å². The molecule has 0 amide bonds. The molecule has 0 aromatic heterocycles. The molecule has 4 nitrogen and oxygen atoms in total. The summed E-state index contributed by atoms with van der Waals surface area (Å²) in [5.74, 6) is -0.637. The van der Waals surface area contributed by atoms with Gasteiger partial charge in [0.1, 0.15) is 5.75 Å². The van der Waals surface area contributed by atoms with E-state index in [1.54, 1.807) is 12.1 Å². The number of hydrogen-bond acceptors (Lipinski definition) is 3. The lowest BCUT2D eigenvalue weighted by Gasteiger charge is -2.23. The van der Waals surface area contributed by atoms with Gasteiger partial charge in [0, 0.05) is 13.1 Å². The van der Waals surface area contributed by atoms with E-state index in [4.69, 9.17) is 11.6 Å². The minimum atomic E-state index is -0.707. The zero-order chi connectivity index (χ0) is 14.0. The van der Waals surface area contributed by atoms with Gasteiger partial charge in [-0.3, -0.25) is 9.69 Å². The van der Waals surface area contributed by atoms with E-state index in [0.717, 1.165) is 12.1 Å². The van der Waals surface area contributed by atoms with E-state index in [2.05, 4.69) is 4.90 Å². The van der Waals surface area contributed by atoms with Crippen LogP contribution in [0.5, 0.6) is 5.75 Å². The minimum Gasteiger partial charge on any atom is -0.506 e. The highest BCUT2D eigenvalue weighted by Gasteiger charge is 2.42. The molecular weight excluding hydrogens is 266 g/mol. The van der Waals surface area contributed by atoms with Crippen LogP contribution in [-0.4, -0.2) is 34.2 Å². The molecule has 1 heterocycles. The van der Waals surface area contributed by atoms with Gasteiger partial charge in [-0.15, -0.1) is 0 Å². The van der Waals surface area contributed by atoms with E-state index in [1.807, 2.05) is 13.0 Å². The second-order valence-corrected chi connectivity index (χ2v) is 5.59. The Morgan fingerprint density at radius 3 is 2.79 bits per heavy atom. The van der Waals surface area contributed by atoms with Gasteiger partial charge < -0.3 is 10.2 Å². The van der Waals surface area contributed by atoms with Crippen LogP contribution in [0, 0.1) is 5.41 Å². The fraction of sp³-hybridized carbons (Fsp3) is 0.500. The quantitative estimate of drug-likeness (QED) is 0.892. The van der Waals surface area contributed by atoms with Gasteiger partial charge in [0.2, 0.25) is 0 Å². The number of carbonyl (C=O) groups is 1. The number of rotatable bonds is 4. The molecule has 2 rings (SSSR count). The van der Waals surface area contributed by atoms with Crippen molar-refractivity contribution < 1.29 is 15.0 Å². The molecule has 19 heavy (non-hydrogen) atoms. The van der Waals surface area contributed by atoms with Crippen LogP contribution in [0.1, 0.15) is 25.3 Å². The van der Waals surface area contributed by atoms with Crippen molar-refractivity contribution in [2.24, 2.45) is 5.41 Å². The van der Waals surface area contributed by atoms with E-state index in [1.165, 1.54) is 0 Å². The highest BCUT2D eigenvalue weighted by Crippen LogP contribution is 2.35. The highest BCUT2D eigenvalue weighted by atomic mass is 35.5. The zero-order valence-corrected chi connectivity index (χ0v) is 11.7. The van der Waals surface area contributed by atoms with Crippen molar-refractivity contribution in [1.82, 2.24) is 4.90 Å². The maximum atomic E-state index is 11.4. The van der Waals surface area contributed by atoms with E-state index in [0.29, 0.717) is 31.0 Å². The summed E-state index contributed by atoms with van der Waals surface area (Å²) in [5, 5.41) is 19.1. The summed E-state index contributed by atoms with van der Waals surface area (Å²) in [5.41, 5.74) is 0.376. The first kappa shape index (κ1) is 14.2. The standard InChI is InChI=1S/C14H18ClNO3/c1-2-14(13(18)19)5-6-16(9-14)8-10-3-4-12(17)11(15)7-10/h3-4,7,17H,2,5-6,8-9H2,1H3,(H,18,19). The van der Waals surface area contributed by atoms with Crippen molar-refractivity contribution in [2.75, 3.05) is 13.1 Å². The van der Waals surface area contributed by atoms with Crippen molar-refractivity contribution in [3.05, 3.63) is 28.8 Å². The Kier molecular flexibility index (Phi) is 4.02. The molecule has 0 bridgehead atoms. The molecule has 0 aliphatic carbocycles. The number of aromatic hydroxyl groups is 1. The summed E-state index contributed by atoms with van der Waals surface area (Å²) in [4.78, 5) is 13.5. The minimum absolute atomic E-state index is 0.0697. The Morgan fingerprint density at radius 1 is 1.53 bits per heavy atom. The Bertz CT molecular complexity index is 492. The number of nitrogens with zero attached hydrogens (tertiary/aromatic N) is 1. The molecule has 1 atom stereocenters. The lowest BCUT2D eigenvalue weighted by atomic mass is 9.84. The molecule has 1 fully saturated rings. The van der Waals surface area contributed by atoms with Crippen LogP contribution >= 0.6 is 11.6 Å². The number of carboxylic acid groups (broad SMARTS) is 1. The maximum Gasteiger partial charge on any atom is 0.310 e. The van der Waals surface area contributed by atoms with Crippen LogP contribution in [0.4, 0.5) is 0 Å². The molecule has 2 N–H and O–H groups in total. The molecule has 5 heteroatoms. The third-order valence-corrected chi connectivity index (χ3v) is 4.28. The maximum absolute atomic E-state index is 11.4. The predicted octanol–water partition coefficient (Wildman–Crippen LogP) is 2.73. The number of phenolic OH excluding ortho intramolecular Hbond substituents is 1. The first-order valence-electron chi connectivity index (χ1n) is 6.40. The van der Waals surface area contributed by atoms with Gasteiger partial charge in [0.15, 0.2) is 0 Å². The van der Waals surface area contributed by atoms with Gasteiger partial charge in [0.25, 0.3) is 0 Å². The SMILES string of the molecule is CCC1(C(=O)O)CCN(Cc2ccc(O)c(Cl)c2)C1. The van der Waals surface area contributed by atoms with Gasteiger partial charge in [0.05, 0.1) is 10.4 Å². The smallest absolute Gasteiger partial charge is 0.310 e. The Labute approximate surface area is 117 Å². The van der Waals surface area contributed by atoms with Crippen LogP contribution in [0.3, 0.4) is 0 Å². The number of hydrogen-bond donors (Lipinski definition) is 2. The third-order valence-electron chi connectivity index (χ3n) is 3.98. The molecule has 1 unspecified atom stereocenters. The predicted molar refractivity (Wildman–Crippen MR) is 73.4 cm³/mol. The van der Waals surface area contributed by atoms with Gasteiger partial charge >= 0.3 is 5.97 Å². The van der Waals surface area contributed by atoms with E-state index >= 15 is 0 Å². The van der Waals surface area contributed by atoms with Gasteiger partial charge in [-0.2, -0.15) is 0 Å².